The van der Waals surface area contributed by atoms with Gasteiger partial charge in [-0.3, -0.25) is 9.79 Å². The fraction of sp³-hybridized carbons (Fsp3) is 0.636. The number of carbonyl (C=O) groups is 1. The fourth-order valence-corrected chi connectivity index (χ4v) is 2.97. The molecule has 0 atom stereocenters. The van der Waals surface area contributed by atoms with Crippen LogP contribution in [0.5, 0.6) is 11.5 Å². The number of guanidine groups is 1. The van der Waals surface area contributed by atoms with E-state index >= 15 is 0 Å². The van der Waals surface area contributed by atoms with Gasteiger partial charge < -0.3 is 24.6 Å². The van der Waals surface area contributed by atoms with E-state index < -0.39 is 0 Å². The quantitative estimate of drug-likeness (QED) is 0.427. The van der Waals surface area contributed by atoms with E-state index in [1.54, 1.807) is 0 Å². The van der Waals surface area contributed by atoms with Crippen molar-refractivity contribution >= 4 is 11.9 Å². The van der Waals surface area contributed by atoms with Gasteiger partial charge in [0.25, 0.3) is 0 Å². The minimum Gasteiger partial charge on any atom is -0.490 e. The number of aliphatic imine (C=N–C) groups is 1. The Labute approximate surface area is 176 Å². The Balaban J connectivity index is 2.78. The number of benzene rings is 1. The summed E-state index contributed by atoms with van der Waals surface area (Å²) in [5, 5.41) is 3.27. The van der Waals surface area contributed by atoms with Crippen molar-refractivity contribution in [2.24, 2.45) is 4.99 Å². The van der Waals surface area contributed by atoms with E-state index in [1.165, 1.54) is 0 Å². The monoisotopic (exact) mass is 406 g/mol. The number of hydrogen-bond donors (Lipinski definition) is 1. The number of amides is 1. The zero-order valence-electron chi connectivity index (χ0n) is 19.0. The molecule has 7 nitrogen and oxygen atoms in total. The molecular weight excluding hydrogens is 368 g/mol. The Morgan fingerprint density at radius 1 is 1.03 bits per heavy atom. The second-order valence-electron chi connectivity index (χ2n) is 6.55. The molecular formula is C22H38N4O3. The van der Waals surface area contributed by atoms with Crippen molar-refractivity contribution in [2.75, 3.05) is 53.0 Å². The summed E-state index contributed by atoms with van der Waals surface area (Å²) < 4.78 is 11.3. The van der Waals surface area contributed by atoms with Crippen LogP contribution in [0.25, 0.3) is 0 Å². The molecule has 1 rings (SSSR count). The molecule has 0 heterocycles. The van der Waals surface area contributed by atoms with Gasteiger partial charge in [-0.2, -0.15) is 0 Å². The number of ether oxygens (including phenoxy) is 2. The van der Waals surface area contributed by atoms with Crippen LogP contribution in [0, 0.1) is 0 Å². The summed E-state index contributed by atoms with van der Waals surface area (Å²) in [6.07, 6.45) is 0.777. The largest absolute Gasteiger partial charge is 0.490 e. The minimum absolute atomic E-state index is 0.107. The summed E-state index contributed by atoms with van der Waals surface area (Å²) in [5.41, 5.74) is 1.14. The molecule has 0 bridgehead atoms. The molecule has 7 heteroatoms. The lowest BCUT2D eigenvalue weighted by Crippen LogP contribution is -2.45. The fourth-order valence-electron chi connectivity index (χ4n) is 2.97. The lowest BCUT2D eigenvalue weighted by Gasteiger charge is -2.25. The summed E-state index contributed by atoms with van der Waals surface area (Å²) in [5.74, 6) is 2.38. The zero-order valence-corrected chi connectivity index (χ0v) is 19.0. The molecule has 0 fully saturated rings. The van der Waals surface area contributed by atoms with E-state index in [4.69, 9.17) is 14.5 Å². The predicted octanol–water partition coefficient (Wildman–Crippen LogP) is 2.79. The molecule has 0 aliphatic carbocycles. The molecule has 1 aromatic rings. The topological polar surface area (TPSA) is 66.4 Å². The van der Waals surface area contributed by atoms with E-state index in [-0.39, 0.29) is 5.91 Å². The Morgan fingerprint density at radius 2 is 1.69 bits per heavy atom. The maximum atomic E-state index is 12.4. The molecule has 1 amide bonds. The third-order valence-corrected chi connectivity index (χ3v) is 4.45. The van der Waals surface area contributed by atoms with Crippen LogP contribution in [0.15, 0.2) is 23.2 Å². The van der Waals surface area contributed by atoms with Gasteiger partial charge >= 0.3 is 0 Å². The molecule has 164 valence electrons. The summed E-state index contributed by atoms with van der Waals surface area (Å²) in [6.45, 7) is 14.3. The van der Waals surface area contributed by atoms with Crippen molar-refractivity contribution in [1.82, 2.24) is 15.1 Å². The molecule has 0 aromatic heterocycles. The van der Waals surface area contributed by atoms with Crippen LogP contribution in [0.2, 0.25) is 0 Å². The van der Waals surface area contributed by atoms with Gasteiger partial charge in [0.15, 0.2) is 17.5 Å². The van der Waals surface area contributed by atoms with Crippen LogP contribution >= 0.6 is 0 Å². The molecule has 0 aliphatic rings. The number of hydrogen-bond acceptors (Lipinski definition) is 4. The van der Waals surface area contributed by atoms with Crippen LogP contribution in [0.1, 0.15) is 40.2 Å². The number of rotatable bonds is 12. The molecule has 0 aliphatic heterocycles. The van der Waals surface area contributed by atoms with E-state index in [0.29, 0.717) is 26.3 Å². The van der Waals surface area contributed by atoms with Crippen molar-refractivity contribution in [2.45, 2.75) is 41.0 Å². The zero-order chi connectivity index (χ0) is 21.6. The van der Waals surface area contributed by atoms with Gasteiger partial charge in [-0.25, -0.2) is 0 Å². The number of nitrogens with zero attached hydrogens (tertiary/aromatic N) is 3. The van der Waals surface area contributed by atoms with Gasteiger partial charge in [-0.15, -0.1) is 0 Å². The summed E-state index contributed by atoms with van der Waals surface area (Å²) in [7, 11) is 1.90. The van der Waals surface area contributed by atoms with Crippen LogP contribution in [-0.2, 0) is 11.2 Å². The average Bonchev–Trinajstić information content (AvgIpc) is 2.70. The standard InChI is InChI=1S/C22H38N4O3/c1-7-23-22(25(6)17-21(27)26(8-2)9-3)24-15-14-18-12-13-19(28-10-4)20(16-18)29-11-5/h12-13,16H,7-11,14-15,17H2,1-6H3,(H,23,24). The van der Waals surface area contributed by atoms with E-state index in [2.05, 4.69) is 5.32 Å². The molecule has 29 heavy (non-hydrogen) atoms. The molecule has 0 saturated carbocycles. The minimum atomic E-state index is 0.107. The highest BCUT2D eigenvalue weighted by Gasteiger charge is 2.15. The van der Waals surface area contributed by atoms with Gasteiger partial charge in [0.1, 0.15) is 0 Å². The van der Waals surface area contributed by atoms with Crippen molar-refractivity contribution < 1.29 is 14.3 Å². The lowest BCUT2D eigenvalue weighted by atomic mass is 10.1. The third-order valence-electron chi connectivity index (χ3n) is 4.45. The smallest absolute Gasteiger partial charge is 0.242 e. The normalized spacial score (nSPS) is 11.2. The Kier molecular flexibility index (Phi) is 11.6. The molecule has 0 spiro atoms. The third kappa shape index (κ3) is 8.21. The first kappa shape index (κ1) is 24.6. The summed E-state index contributed by atoms with van der Waals surface area (Å²) in [4.78, 5) is 20.8. The average molecular weight is 407 g/mol. The van der Waals surface area contributed by atoms with Crippen LogP contribution in [0.3, 0.4) is 0 Å². The first-order valence-corrected chi connectivity index (χ1v) is 10.7. The predicted molar refractivity (Wildman–Crippen MR) is 119 cm³/mol. The van der Waals surface area contributed by atoms with E-state index in [0.717, 1.165) is 49.1 Å². The summed E-state index contributed by atoms with van der Waals surface area (Å²) >= 11 is 0. The highest BCUT2D eigenvalue weighted by atomic mass is 16.5. The first-order chi connectivity index (χ1) is 14.0. The van der Waals surface area contributed by atoms with Crippen molar-refractivity contribution in [3.63, 3.8) is 0 Å². The first-order valence-electron chi connectivity index (χ1n) is 10.7. The molecule has 1 aromatic carbocycles. The van der Waals surface area contributed by atoms with Crippen LogP contribution < -0.4 is 14.8 Å². The second kappa shape index (κ2) is 13.7. The van der Waals surface area contributed by atoms with E-state index in [9.17, 15) is 4.79 Å². The highest BCUT2D eigenvalue weighted by molar-refractivity contribution is 5.86. The van der Waals surface area contributed by atoms with Crippen LogP contribution in [-0.4, -0.2) is 74.7 Å². The number of nitrogens with one attached hydrogen (secondary N) is 1. The van der Waals surface area contributed by atoms with Gasteiger partial charge in [0.05, 0.1) is 19.8 Å². The maximum Gasteiger partial charge on any atom is 0.242 e. The van der Waals surface area contributed by atoms with Gasteiger partial charge in [0, 0.05) is 33.2 Å². The van der Waals surface area contributed by atoms with Crippen molar-refractivity contribution in [3.8, 4) is 11.5 Å². The van der Waals surface area contributed by atoms with Crippen molar-refractivity contribution in [3.05, 3.63) is 23.8 Å². The Hall–Kier alpha value is -2.44. The number of likely N-dealkylation sites (N-methyl/N-ethyl adjacent to an activating group) is 2. The van der Waals surface area contributed by atoms with Crippen LogP contribution in [0.4, 0.5) is 0 Å². The Bertz CT molecular complexity index is 645. The maximum absolute atomic E-state index is 12.4. The molecule has 0 saturated heterocycles. The van der Waals surface area contributed by atoms with Gasteiger partial charge in [-0.05, 0) is 58.7 Å². The van der Waals surface area contributed by atoms with Gasteiger partial charge in [0.2, 0.25) is 5.91 Å². The van der Waals surface area contributed by atoms with Gasteiger partial charge in [-0.1, -0.05) is 6.07 Å². The molecule has 0 radical (unpaired) electrons. The Morgan fingerprint density at radius 3 is 2.28 bits per heavy atom. The highest BCUT2D eigenvalue weighted by Crippen LogP contribution is 2.28. The number of carbonyl (C=O) groups excluding carboxylic acids is 1. The summed E-state index contributed by atoms with van der Waals surface area (Å²) in [6, 6.07) is 6.02. The molecule has 1 N–H and O–H groups in total. The second-order valence-corrected chi connectivity index (χ2v) is 6.55. The van der Waals surface area contributed by atoms with Crippen molar-refractivity contribution in [1.29, 1.82) is 0 Å². The lowest BCUT2D eigenvalue weighted by molar-refractivity contribution is -0.131. The molecule has 0 unspecified atom stereocenters. The van der Waals surface area contributed by atoms with E-state index in [1.807, 2.05) is 69.7 Å². The SMILES string of the molecule is CCNC(=NCCc1ccc(OCC)c(OCC)c1)N(C)CC(=O)N(CC)CC.